The lowest BCUT2D eigenvalue weighted by Gasteiger charge is -2.51. The van der Waals surface area contributed by atoms with Crippen molar-refractivity contribution in [3.8, 4) is 0 Å². The van der Waals surface area contributed by atoms with Crippen LogP contribution in [0.3, 0.4) is 0 Å². The Labute approximate surface area is 429 Å². The van der Waals surface area contributed by atoms with Gasteiger partial charge in [0.15, 0.2) is 37.7 Å². The molecule has 30 atom stereocenters. The smallest absolute Gasteiger partial charge is 0.187 e. The van der Waals surface area contributed by atoms with Gasteiger partial charge in [-0.1, -0.05) is 12.8 Å². The predicted molar refractivity (Wildman–Crippen MR) is 237 cm³/mol. The van der Waals surface area contributed by atoms with Crippen LogP contribution >= 0.6 is 0 Å². The maximum atomic E-state index is 11.9. The number of ether oxygens (including phenoxy) is 13. The Balaban J connectivity index is 1.20. The first kappa shape index (κ1) is 61.4. The Morgan fingerprint density at radius 3 is 0.800 bits per heavy atom. The molecule has 31 nitrogen and oxygen atoms in total. The molecule has 75 heavy (non-hydrogen) atoms. The topological polar surface area (TPSA) is 467 Å². The minimum Gasteiger partial charge on any atom is -0.394 e. The molecule has 12 bridgehead atoms. The fraction of sp³-hybridized carbons (Fsp3) is 1.00. The number of aliphatic hydroxyl groups is 17. The van der Waals surface area contributed by atoms with E-state index < -0.39 is 224 Å². The van der Waals surface area contributed by atoms with Gasteiger partial charge >= 0.3 is 0 Å². The Kier molecular flexibility index (Phi) is 22.5. The van der Waals surface area contributed by atoms with E-state index in [1.165, 1.54) is 0 Å². The van der Waals surface area contributed by atoms with Gasteiger partial charge < -0.3 is 153 Å². The lowest BCUT2D eigenvalue weighted by molar-refractivity contribution is -0.404. The fourth-order valence-electron chi connectivity index (χ4n) is 10.2. The van der Waals surface area contributed by atoms with Crippen LogP contribution in [0.1, 0.15) is 25.7 Å². The van der Waals surface area contributed by atoms with Gasteiger partial charge in [0.05, 0.1) is 39.6 Å². The van der Waals surface area contributed by atoms with Crippen molar-refractivity contribution in [2.24, 2.45) is 0 Å². The van der Waals surface area contributed by atoms with Gasteiger partial charge in [0.25, 0.3) is 0 Å². The molecule has 0 spiro atoms. The first-order valence-electron chi connectivity index (χ1n) is 25.1. The van der Waals surface area contributed by atoms with Gasteiger partial charge in [-0.15, -0.1) is 0 Å². The Morgan fingerprint density at radius 1 is 0.293 bits per heavy atom. The maximum Gasteiger partial charge on any atom is 0.187 e. The quantitative estimate of drug-likeness (QED) is 0.0718. The minimum atomic E-state index is -2.14. The lowest BCUT2D eigenvalue weighted by Crippen LogP contribution is -2.69. The molecule has 22 aliphatic rings. The van der Waals surface area contributed by atoms with Crippen molar-refractivity contribution in [3.63, 3.8) is 0 Å². The summed E-state index contributed by atoms with van der Waals surface area (Å²) < 4.78 is 76.1. The van der Waals surface area contributed by atoms with E-state index in [9.17, 15) is 86.8 Å². The predicted octanol–water partition coefficient (Wildman–Crippen LogP) is -10.9. The molecular formula is C44H77NO30. The summed E-state index contributed by atoms with van der Waals surface area (Å²) in [7, 11) is 3.87. The van der Waals surface area contributed by atoms with Crippen LogP contribution in [0.5, 0.6) is 0 Å². The number of hydrogen-bond acceptors (Lipinski definition) is 31. The third-order valence-electron chi connectivity index (χ3n) is 14.5. The van der Waals surface area contributed by atoms with E-state index in [1.807, 2.05) is 19.0 Å². The van der Waals surface area contributed by atoms with Crippen LogP contribution in [-0.2, 0) is 61.6 Å². The average molecular weight is 1100 g/mol. The Morgan fingerprint density at radius 2 is 0.533 bits per heavy atom. The molecule has 22 aliphatic heterocycles. The molecule has 17 N–H and O–H groups in total. The van der Waals surface area contributed by atoms with E-state index in [0.717, 1.165) is 19.4 Å². The maximum absolute atomic E-state index is 11.9. The van der Waals surface area contributed by atoms with Crippen molar-refractivity contribution in [1.82, 2.24) is 4.90 Å². The molecule has 0 amide bonds. The molecule has 22 fully saturated rings. The van der Waals surface area contributed by atoms with Crippen molar-refractivity contribution in [2.45, 2.75) is 210 Å². The van der Waals surface area contributed by atoms with Gasteiger partial charge in [-0.05, 0) is 33.5 Å². The molecule has 0 radical (unpaired) electrons. The van der Waals surface area contributed by atoms with Gasteiger partial charge in [0, 0.05) is 6.61 Å². The second-order valence-corrected chi connectivity index (χ2v) is 19.9. The van der Waals surface area contributed by atoms with Gasteiger partial charge in [-0.25, -0.2) is 0 Å². The molecule has 0 aromatic rings. The Bertz CT molecular complexity index is 1690. The molecule has 0 unspecified atom stereocenters. The zero-order valence-electron chi connectivity index (χ0n) is 41.2. The van der Waals surface area contributed by atoms with E-state index in [-0.39, 0.29) is 6.61 Å². The first-order valence-corrected chi connectivity index (χ1v) is 25.1. The zero-order valence-corrected chi connectivity index (χ0v) is 41.2. The highest BCUT2D eigenvalue weighted by atomic mass is 16.8. The van der Waals surface area contributed by atoms with Crippen LogP contribution in [0.15, 0.2) is 0 Å². The number of unbranched alkanes of at least 4 members (excludes halogenated alkanes) is 3. The first-order chi connectivity index (χ1) is 35.8. The molecular weight excluding hydrogens is 1020 g/mol. The van der Waals surface area contributed by atoms with E-state index in [4.69, 9.17) is 61.6 Å². The summed E-state index contributed by atoms with van der Waals surface area (Å²) in [6, 6.07) is 0. The van der Waals surface area contributed by atoms with Crippen LogP contribution < -0.4 is 0 Å². The van der Waals surface area contributed by atoms with Crippen LogP contribution in [0.25, 0.3) is 0 Å². The zero-order chi connectivity index (χ0) is 54.6. The number of rotatable bonds is 14. The molecule has 438 valence electrons. The largest absolute Gasteiger partial charge is 0.394 e. The molecule has 31 heteroatoms. The molecule has 22 heterocycles. The average Bonchev–Trinajstić information content (AvgIpc) is 3.40. The minimum absolute atomic E-state index is 0.0319. The van der Waals surface area contributed by atoms with Crippen LogP contribution in [0, 0.1) is 0 Å². The summed E-state index contributed by atoms with van der Waals surface area (Å²) in [5, 5.41) is 189. The summed E-state index contributed by atoms with van der Waals surface area (Å²) in [4.78, 5) is 2.02. The second-order valence-electron chi connectivity index (χ2n) is 19.9. The van der Waals surface area contributed by atoms with E-state index in [1.54, 1.807) is 0 Å². The number of hydrogen-bond donors (Lipinski definition) is 17. The summed E-state index contributed by atoms with van der Waals surface area (Å²) >= 11 is 0. The van der Waals surface area contributed by atoms with Gasteiger partial charge in [-0.3, -0.25) is 0 Å². The van der Waals surface area contributed by atoms with E-state index >= 15 is 0 Å². The molecule has 0 aromatic heterocycles. The summed E-state index contributed by atoms with van der Waals surface area (Å²) in [6.07, 6.45) is -54.0. The lowest BCUT2D eigenvalue weighted by atomic mass is 9.94. The summed E-state index contributed by atoms with van der Waals surface area (Å²) in [5.74, 6) is 0. The SMILES string of the molecule is CN(C)CCCCCCO[C@@H]1[C@@H](O)[C@H]2O[C@H]3[C@H](O)[C@@H](O)[C@@H](O[C@H]4[C@H](O)[C@@H](O)[C@@H](O[C@H]5[C@H](O)[C@@H](O)[C@@H](O[C@H]6[C@H](O)[C@@H](O)[C@@H](O[C@H]7[C@H](O)[C@@H](O)[C@@H](O[C@H]1[C@@H](CO)O2)O[C@@H]7CO)O[C@@H]6CO)O[C@@H]5CO)O[C@@H]4CO)O[C@@H]3CO. The Hall–Kier alpha value is -1.24. The highest BCUT2D eigenvalue weighted by molar-refractivity contribution is 5.01. The summed E-state index contributed by atoms with van der Waals surface area (Å²) in [5.41, 5.74) is 0. The van der Waals surface area contributed by atoms with Gasteiger partial charge in [0.2, 0.25) is 0 Å². The third kappa shape index (κ3) is 13.4. The number of nitrogens with zero attached hydrogens (tertiary/aromatic N) is 1. The third-order valence-corrected chi connectivity index (χ3v) is 14.5. The fourth-order valence-corrected chi connectivity index (χ4v) is 10.2. The second kappa shape index (κ2) is 27.5. The molecule has 0 saturated carbocycles. The monoisotopic (exact) mass is 1100 g/mol. The standard InChI is InChI=1S/C44H77NO30/c1-45(2)7-5-3-4-6-8-63-38-31(62)44-69-20(14-51)37(38)75-43-30(61)25(56)35(18(12-49)68-43)73-41-28(59)23(54)33(16(10-47)66-41)71-39-26(57)21(52)32(15(9-46)64-39)70-40-27(58)22(53)34(17(11-48)65-40)72-42-29(60)24(55)36(74-44)19(13-50)67-42/h15-44,46-62H,3-14H2,1-2H3/t15-,16-,17-,18-,19-,20-,21-,22-,23-,24-,25-,26-,27-,28-,29-,30-,31-,32-,33-,34-,35-,36-,37+,38-,39-,40-,41-,42-,43-,44-/m1/s1. The van der Waals surface area contributed by atoms with E-state index in [0.29, 0.717) is 12.8 Å². The molecule has 22 saturated heterocycles. The number of aliphatic hydroxyl groups excluding tert-OH is 17. The highest BCUT2D eigenvalue weighted by Gasteiger charge is 2.59. The van der Waals surface area contributed by atoms with Crippen LogP contribution in [0.4, 0.5) is 0 Å². The summed E-state index contributed by atoms with van der Waals surface area (Å²) in [6.45, 7) is -5.02. The van der Waals surface area contributed by atoms with Crippen molar-refractivity contribution in [3.05, 3.63) is 0 Å². The normalized spacial score (nSPS) is 50.2. The van der Waals surface area contributed by atoms with Crippen molar-refractivity contribution >= 4 is 0 Å². The van der Waals surface area contributed by atoms with Crippen molar-refractivity contribution in [1.29, 1.82) is 0 Å². The van der Waals surface area contributed by atoms with E-state index in [2.05, 4.69) is 0 Å². The van der Waals surface area contributed by atoms with Crippen molar-refractivity contribution in [2.75, 3.05) is 66.9 Å². The molecule has 0 aromatic carbocycles. The highest BCUT2D eigenvalue weighted by Crippen LogP contribution is 2.38. The van der Waals surface area contributed by atoms with Crippen LogP contribution in [-0.4, -0.2) is 343 Å². The molecule has 22 rings (SSSR count). The van der Waals surface area contributed by atoms with Gasteiger partial charge in [-0.2, -0.15) is 0 Å². The molecule has 0 aliphatic carbocycles. The van der Waals surface area contributed by atoms with Gasteiger partial charge in [0.1, 0.15) is 146 Å². The van der Waals surface area contributed by atoms with Crippen LogP contribution in [0.2, 0.25) is 0 Å². The van der Waals surface area contributed by atoms with Crippen molar-refractivity contribution < 1.29 is 148 Å².